The number of aryl methyl sites for hydroxylation is 1. The summed E-state index contributed by atoms with van der Waals surface area (Å²) >= 11 is 0. The van der Waals surface area contributed by atoms with Gasteiger partial charge in [0.25, 0.3) is 17.4 Å². The molecule has 0 radical (unpaired) electrons. The molecule has 0 saturated heterocycles. The van der Waals surface area contributed by atoms with Gasteiger partial charge in [-0.3, -0.25) is 14.4 Å². The lowest BCUT2D eigenvalue weighted by Gasteiger charge is -2.20. The zero-order valence-electron chi connectivity index (χ0n) is 20.8. The van der Waals surface area contributed by atoms with Gasteiger partial charge in [0, 0.05) is 18.0 Å². The predicted octanol–water partition coefficient (Wildman–Crippen LogP) is 4.19. The van der Waals surface area contributed by atoms with Gasteiger partial charge in [-0.15, -0.1) is 0 Å². The monoisotopic (exact) mass is 497 g/mol. The fourth-order valence-corrected chi connectivity index (χ4v) is 4.24. The summed E-state index contributed by atoms with van der Waals surface area (Å²) < 4.78 is 6.92. The van der Waals surface area contributed by atoms with E-state index in [2.05, 4.69) is 5.32 Å². The van der Waals surface area contributed by atoms with E-state index in [9.17, 15) is 19.2 Å². The number of benzene rings is 3. The maximum atomic E-state index is 13.6. The van der Waals surface area contributed by atoms with E-state index >= 15 is 0 Å². The number of carbonyl (C=O) groups excluding carboxylic acids is 3. The Morgan fingerprint density at radius 2 is 1.57 bits per heavy atom. The van der Waals surface area contributed by atoms with Crippen LogP contribution in [0.2, 0.25) is 0 Å². The van der Waals surface area contributed by atoms with Crippen LogP contribution in [0.4, 0.5) is 5.69 Å². The molecule has 3 aromatic carbocycles. The molecule has 1 heterocycles. The summed E-state index contributed by atoms with van der Waals surface area (Å²) in [7, 11) is 1.51. The van der Waals surface area contributed by atoms with Gasteiger partial charge >= 0.3 is 5.97 Å². The third-order valence-corrected chi connectivity index (χ3v) is 6.20. The summed E-state index contributed by atoms with van der Waals surface area (Å²) in [5.74, 6) is -2.13. The number of ether oxygens (including phenoxy) is 1. The summed E-state index contributed by atoms with van der Waals surface area (Å²) in [5, 5.41) is 3.69. The molecule has 3 N–H and O–H groups in total. The van der Waals surface area contributed by atoms with Crippen molar-refractivity contribution in [1.82, 2.24) is 4.57 Å². The number of rotatable bonds is 7. The summed E-state index contributed by atoms with van der Waals surface area (Å²) in [6.45, 7) is 3.65. The first-order valence-electron chi connectivity index (χ1n) is 11.8. The Bertz CT molecular complexity index is 1570. The van der Waals surface area contributed by atoms with Gasteiger partial charge in [-0.05, 0) is 42.5 Å². The highest BCUT2D eigenvalue weighted by molar-refractivity contribution is 6.08. The highest BCUT2D eigenvalue weighted by atomic mass is 16.5. The number of anilines is 1. The smallest absolute Gasteiger partial charge is 0.356 e. The number of hydrogen-bond donors (Lipinski definition) is 2. The minimum Gasteiger partial charge on any atom is -0.448 e. The average molecular weight is 498 g/mol. The van der Waals surface area contributed by atoms with Crippen molar-refractivity contribution in [2.75, 3.05) is 5.32 Å². The molecule has 0 aliphatic heterocycles. The number of fused-ring (bicyclic) bond motifs is 1. The third-order valence-electron chi connectivity index (χ3n) is 6.20. The van der Waals surface area contributed by atoms with Crippen LogP contribution < -0.4 is 16.6 Å². The highest BCUT2D eigenvalue weighted by Crippen LogP contribution is 2.31. The second-order valence-corrected chi connectivity index (χ2v) is 8.70. The molecule has 2 amide bonds. The van der Waals surface area contributed by atoms with Crippen LogP contribution in [0, 0.1) is 6.92 Å². The van der Waals surface area contributed by atoms with Gasteiger partial charge in [0.15, 0.2) is 6.10 Å². The standard InChI is InChI=1S/C29H27N3O5/c1-4-23(27(34)31-22-12-8-7-11-21(22)26(30)33)37-29(36)25-24(18-15-13-17(2)14-16-18)19-9-5-6-10-20(19)28(35)32(25)3/h5-16,23H,4H2,1-3H3,(H2,30,33)(H,31,34). The lowest BCUT2D eigenvalue weighted by atomic mass is 9.96. The molecule has 0 aliphatic carbocycles. The molecule has 1 aromatic heterocycles. The molecule has 37 heavy (non-hydrogen) atoms. The van der Waals surface area contributed by atoms with Crippen molar-refractivity contribution in [1.29, 1.82) is 0 Å². The van der Waals surface area contributed by atoms with Crippen LogP contribution in [-0.2, 0) is 16.6 Å². The fraction of sp³-hybridized carbons (Fsp3) is 0.172. The number of pyridine rings is 1. The molecule has 1 unspecified atom stereocenters. The topological polar surface area (TPSA) is 120 Å². The largest absolute Gasteiger partial charge is 0.448 e. The van der Waals surface area contributed by atoms with Crippen molar-refractivity contribution in [3.63, 3.8) is 0 Å². The minimum atomic E-state index is -1.18. The van der Waals surface area contributed by atoms with E-state index in [0.29, 0.717) is 16.3 Å². The van der Waals surface area contributed by atoms with Gasteiger partial charge in [-0.2, -0.15) is 0 Å². The van der Waals surface area contributed by atoms with Crippen LogP contribution in [0.5, 0.6) is 0 Å². The number of amides is 2. The molecule has 0 aliphatic rings. The fourth-order valence-electron chi connectivity index (χ4n) is 4.24. The molecule has 1 atom stereocenters. The number of carbonyl (C=O) groups is 3. The van der Waals surface area contributed by atoms with Crippen LogP contribution in [0.1, 0.15) is 39.8 Å². The van der Waals surface area contributed by atoms with Crippen LogP contribution in [-0.4, -0.2) is 28.5 Å². The van der Waals surface area contributed by atoms with Gasteiger partial charge in [0.05, 0.1) is 11.3 Å². The molecule has 8 heteroatoms. The highest BCUT2D eigenvalue weighted by Gasteiger charge is 2.28. The molecular weight excluding hydrogens is 470 g/mol. The molecule has 8 nitrogen and oxygen atoms in total. The van der Waals surface area contributed by atoms with Crippen molar-refractivity contribution in [2.24, 2.45) is 12.8 Å². The molecule has 0 bridgehead atoms. The molecule has 4 rings (SSSR count). The van der Waals surface area contributed by atoms with Gasteiger partial charge in [-0.1, -0.05) is 67.1 Å². The first-order valence-corrected chi connectivity index (χ1v) is 11.8. The van der Waals surface area contributed by atoms with Crippen LogP contribution in [0.3, 0.4) is 0 Å². The molecule has 188 valence electrons. The van der Waals surface area contributed by atoms with Crippen LogP contribution in [0.15, 0.2) is 77.6 Å². The summed E-state index contributed by atoms with van der Waals surface area (Å²) in [4.78, 5) is 51.5. The normalized spacial score (nSPS) is 11.6. The van der Waals surface area contributed by atoms with Crippen molar-refractivity contribution in [3.8, 4) is 11.1 Å². The van der Waals surface area contributed by atoms with Gasteiger partial charge in [0.1, 0.15) is 5.69 Å². The molecule has 0 spiro atoms. The molecule has 0 fully saturated rings. The number of para-hydroxylation sites is 1. The van der Waals surface area contributed by atoms with E-state index in [1.54, 1.807) is 43.3 Å². The number of nitrogens with zero attached hydrogens (tertiary/aromatic N) is 1. The molecular formula is C29H27N3O5. The van der Waals surface area contributed by atoms with E-state index in [-0.39, 0.29) is 28.9 Å². The average Bonchev–Trinajstić information content (AvgIpc) is 2.89. The van der Waals surface area contributed by atoms with Crippen molar-refractivity contribution in [3.05, 3.63) is 100.0 Å². The van der Waals surface area contributed by atoms with Gasteiger partial charge in [-0.25, -0.2) is 4.79 Å². The molecule has 4 aromatic rings. The first-order chi connectivity index (χ1) is 17.7. The van der Waals surface area contributed by atoms with E-state index in [1.807, 2.05) is 31.2 Å². The quantitative estimate of drug-likeness (QED) is 0.371. The Morgan fingerprint density at radius 3 is 2.22 bits per heavy atom. The first kappa shape index (κ1) is 25.4. The Labute approximate surface area is 213 Å². The van der Waals surface area contributed by atoms with Gasteiger partial charge in [0.2, 0.25) is 0 Å². The number of nitrogens with one attached hydrogen (secondary N) is 1. The molecule has 0 saturated carbocycles. The summed E-state index contributed by atoms with van der Waals surface area (Å²) in [6, 6.07) is 21.0. The zero-order chi connectivity index (χ0) is 26.7. The number of esters is 1. The van der Waals surface area contributed by atoms with Gasteiger partial charge < -0.3 is 20.4 Å². The second-order valence-electron chi connectivity index (χ2n) is 8.70. The number of aromatic nitrogens is 1. The Hall–Kier alpha value is -4.72. The van der Waals surface area contributed by atoms with Crippen molar-refractivity contribution >= 4 is 34.2 Å². The van der Waals surface area contributed by atoms with E-state index in [4.69, 9.17) is 10.5 Å². The Balaban J connectivity index is 1.76. The van der Waals surface area contributed by atoms with E-state index in [0.717, 1.165) is 11.1 Å². The van der Waals surface area contributed by atoms with Crippen LogP contribution >= 0.6 is 0 Å². The van der Waals surface area contributed by atoms with Crippen LogP contribution in [0.25, 0.3) is 21.9 Å². The number of nitrogens with two attached hydrogens (primary N) is 1. The Morgan fingerprint density at radius 1 is 0.946 bits per heavy atom. The summed E-state index contributed by atoms with van der Waals surface area (Å²) in [6.07, 6.45) is -1.02. The third kappa shape index (κ3) is 4.99. The van der Waals surface area contributed by atoms with Crippen molar-refractivity contribution < 1.29 is 19.1 Å². The minimum absolute atomic E-state index is 0.0383. The van der Waals surface area contributed by atoms with E-state index in [1.165, 1.54) is 23.7 Å². The zero-order valence-corrected chi connectivity index (χ0v) is 20.8. The van der Waals surface area contributed by atoms with Crippen molar-refractivity contribution in [2.45, 2.75) is 26.4 Å². The maximum absolute atomic E-state index is 13.6. The second kappa shape index (κ2) is 10.5. The number of primary amides is 1. The number of hydrogen-bond acceptors (Lipinski definition) is 5. The lowest BCUT2D eigenvalue weighted by molar-refractivity contribution is -0.124. The Kier molecular flexibility index (Phi) is 7.20. The predicted molar refractivity (Wildman–Crippen MR) is 142 cm³/mol. The van der Waals surface area contributed by atoms with E-state index < -0.39 is 23.9 Å². The maximum Gasteiger partial charge on any atom is 0.356 e. The summed E-state index contributed by atoms with van der Waals surface area (Å²) in [5.41, 5.74) is 7.75. The SMILES string of the molecule is CCC(OC(=O)c1c(-c2ccc(C)cc2)c2ccccc2c(=O)n1C)C(=O)Nc1ccccc1C(N)=O. The lowest BCUT2D eigenvalue weighted by Crippen LogP contribution is -2.34.